The van der Waals surface area contributed by atoms with E-state index in [1.807, 2.05) is 5.43 Å². The van der Waals surface area contributed by atoms with Gasteiger partial charge >= 0.3 is 0 Å². The van der Waals surface area contributed by atoms with Crippen LogP contribution in [0.1, 0.15) is 27.6 Å². The predicted octanol–water partition coefficient (Wildman–Crippen LogP) is 2.00. The third-order valence-corrected chi connectivity index (χ3v) is 2.93. The Bertz CT molecular complexity index is 792. The second kappa shape index (κ2) is 7.32. The number of hydrogen-bond acceptors (Lipinski definition) is 3. The fraction of sp³-hybridized carbons (Fsp3) is 0.0625. The molecule has 0 aliphatic rings. The Morgan fingerprint density at radius 3 is 2.12 bits per heavy atom. The van der Waals surface area contributed by atoms with Gasteiger partial charge in [0, 0.05) is 18.2 Å². The topological polar surface area (TPSA) is 87.3 Å². The Balaban J connectivity index is 2.05. The molecule has 124 valence electrons. The highest BCUT2D eigenvalue weighted by Crippen LogP contribution is 2.14. The predicted molar refractivity (Wildman–Crippen MR) is 82.0 cm³/mol. The largest absolute Gasteiger partial charge is 0.326 e. The van der Waals surface area contributed by atoms with Gasteiger partial charge in [-0.1, -0.05) is 0 Å². The van der Waals surface area contributed by atoms with Gasteiger partial charge < -0.3 is 5.32 Å². The zero-order chi connectivity index (χ0) is 17.7. The molecule has 0 atom stereocenters. The van der Waals surface area contributed by atoms with Crippen LogP contribution >= 0.6 is 0 Å². The molecule has 0 saturated carbocycles. The van der Waals surface area contributed by atoms with Crippen molar-refractivity contribution in [3.05, 3.63) is 65.2 Å². The lowest BCUT2D eigenvalue weighted by molar-refractivity contribution is -0.114. The van der Waals surface area contributed by atoms with Crippen LogP contribution in [0.15, 0.2) is 42.5 Å². The van der Waals surface area contributed by atoms with Crippen molar-refractivity contribution in [2.75, 3.05) is 5.32 Å². The average Bonchev–Trinajstić information content (AvgIpc) is 2.54. The third kappa shape index (κ3) is 4.35. The molecule has 8 heteroatoms. The van der Waals surface area contributed by atoms with Crippen LogP contribution < -0.4 is 16.2 Å². The highest BCUT2D eigenvalue weighted by molar-refractivity contribution is 6.00. The van der Waals surface area contributed by atoms with E-state index < -0.39 is 23.4 Å². The lowest BCUT2D eigenvalue weighted by Crippen LogP contribution is -2.42. The molecule has 0 bridgehead atoms. The summed E-state index contributed by atoms with van der Waals surface area (Å²) in [5.74, 6) is -3.31. The van der Waals surface area contributed by atoms with Crippen LogP contribution in [0, 0.1) is 11.6 Å². The Morgan fingerprint density at radius 2 is 1.50 bits per heavy atom. The zero-order valence-electron chi connectivity index (χ0n) is 12.5. The van der Waals surface area contributed by atoms with Crippen molar-refractivity contribution in [2.24, 2.45) is 0 Å². The van der Waals surface area contributed by atoms with Gasteiger partial charge in [0.1, 0.15) is 11.6 Å². The number of benzene rings is 2. The summed E-state index contributed by atoms with van der Waals surface area (Å²) >= 11 is 0. The molecule has 2 aromatic carbocycles. The Labute approximate surface area is 135 Å². The average molecular weight is 333 g/mol. The molecule has 0 fully saturated rings. The van der Waals surface area contributed by atoms with Crippen molar-refractivity contribution in [3.8, 4) is 0 Å². The van der Waals surface area contributed by atoms with Crippen LogP contribution in [-0.4, -0.2) is 17.7 Å². The van der Waals surface area contributed by atoms with Gasteiger partial charge in [-0.25, -0.2) is 8.78 Å². The summed E-state index contributed by atoms with van der Waals surface area (Å²) in [5.41, 5.74) is 4.13. The molecule has 0 aliphatic carbocycles. The summed E-state index contributed by atoms with van der Waals surface area (Å²) in [7, 11) is 0. The van der Waals surface area contributed by atoms with Crippen molar-refractivity contribution in [2.45, 2.75) is 6.92 Å². The van der Waals surface area contributed by atoms with Crippen molar-refractivity contribution < 1.29 is 23.2 Å². The van der Waals surface area contributed by atoms with Crippen molar-refractivity contribution >= 4 is 23.4 Å². The molecule has 24 heavy (non-hydrogen) atoms. The van der Waals surface area contributed by atoms with Crippen molar-refractivity contribution in [3.63, 3.8) is 0 Å². The normalized spacial score (nSPS) is 9.96. The first-order valence-corrected chi connectivity index (χ1v) is 6.80. The second-order valence-corrected chi connectivity index (χ2v) is 4.79. The number of carbonyl (C=O) groups is 3. The van der Waals surface area contributed by atoms with E-state index in [-0.39, 0.29) is 22.7 Å². The number of anilines is 1. The highest BCUT2D eigenvalue weighted by atomic mass is 19.1. The summed E-state index contributed by atoms with van der Waals surface area (Å²) in [6, 6.07) is 8.09. The molecular weight excluding hydrogens is 320 g/mol. The van der Waals surface area contributed by atoms with E-state index in [2.05, 4.69) is 10.7 Å². The van der Waals surface area contributed by atoms with Gasteiger partial charge in [-0.3, -0.25) is 25.2 Å². The Kier molecular flexibility index (Phi) is 5.20. The van der Waals surface area contributed by atoms with E-state index in [9.17, 15) is 23.2 Å². The highest BCUT2D eigenvalue weighted by Gasteiger charge is 2.14. The van der Waals surface area contributed by atoms with Gasteiger partial charge in [-0.2, -0.15) is 0 Å². The minimum atomic E-state index is -0.907. The SMILES string of the molecule is CC(=O)Nc1ccc(F)c(C(=O)NNC(=O)c2ccc(F)cc2)c1. The standard InChI is InChI=1S/C16H13F2N3O3/c1-9(22)19-12-6-7-14(18)13(8-12)16(24)21-20-15(23)10-2-4-11(17)5-3-10/h2-8H,1H3,(H,19,22)(H,20,23)(H,21,24). The van der Waals surface area contributed by atoms with Crippen molar-refractivity contribution in [1.29, 1.82) is 0 Å². The number of carbonyl (C=O) groups excluding carboxylic acids is 3. The van der Waals surface area contributed by atoms with Gasteiger partial charge in [0.25, 0.3) is 11.8 Å². The third-order valence-electron chi connectivity index (χ3n) is 2.93. The van der Waals surface area contributed by atoms with E-state index in [1.54, 1.807) is 0 Å². The summed E-state index contributed by atoms with van der Waals surface area (Å²) in [5, 5.41) is 2.41. The van der Waals surface area contributed by atoms with Crippen LogP contribution in [0.5, 0.6) is 0 Å². The Morgan fingerprint density at radius 1 is 0.875 bits per heavy atom. The fourth-order valence-corrected chi connectivity index (χ4v) is 1.83. The fourth-order valence-electron chi connectivity index (χ4n) is 1.83. The molecule has 0 radical (unpaired) electrons. The molecule has 6 nitrogen and oxygen atoms in total. The molecule has 0 heterocycles. The van der Waals surface area contributed by atoms with Crippen molar-refractivity contribution in [1.82, 2.24) is 10.9 Å². The first kappa shape index (κ1) is 17.1. The van der Waals surface area contributed by atoms with E-state index in [1.165, 1.54) is 25.1 Å². The van der Waals surface area contributed by atoms with Crippen LogP contribution in [0.3, 0.4) is 0 Å². The minimum Gasteiger partial charge on any atom is -0.326 e. The molecule has 0 saturated heterocycles. The molecule has 0 unspecified atom stereocenters. The number of hydrazine groups is 1. The number of rotatable bonds is 3. The molecule has 3 N–H and O–H groups in total. The molecule has 0 aromatic heterocycles. The van der Waals surface area contributed by atoms with Gasteiger partial charge in [-0.15, -0.1) is 0 Å². The molecular formula is C16H13F2N3O3. The van der Waals surface area contributed by atoms with E-state index >= 15 is 0 Å². The van der Waals surface area contributed by atoms with E-state index in [0.717, 1.165) is 24.3 Å². The number of hydrogen-bond donors (Lipinski definition) is 3. The number of halogens is 2. The van der Waals surface area contributed by atoms with Gasteiger partial charge in [-0.05, 0) is 42.5 Å². The molecule has 0 spiro atoms. The number of nitrogens with one attached hydrogen (secondary N) is 3. The summed E-state index contributed by atoms with van der Waals surface area (Å²) in [6.45, 7) is 1.27. The maximum Gasteiger partial charge on any atom is 0.272 e. The van der Waals surface area contributed by atoms with Gasteiger partial charge in [0.2, 0.25) is 5.91 Å². The molecule has 2 rings (SSSR count). The van der Waals surface area contributed by atoms with Crippen LogP contribution in [0.4, 0.5) is 14.5 Å². The summed E-state index contributed by atoms with van der Waals surface area (Å²) < 4.78 is 26.5. The lowest BCUT2D eigenvalue weighted by atomic mass is 10.1. The molecule has 2 aromatic rings. The van der Waals surface area contributed by atoms with Crippen LogP contribution in [-0.2, 0) is 4.79 Å². The summed E-state index contributed by atoms with van der Waals surface area (Å²) in [4.78, 5) is 34.7. The quantitative estimate of drug-likeness (QED) is 0.751. The minimum absolute atomic E-state index is 0.115. The van der Waals surface area contributed by atoms with Crippen LogP contribution in [0.25, 0.3) is 0 Å². The maximum absolute atomic E-state index is 13.7. The van der Waals surface area contributed by atoms with Gasteiger partial charge in [0.05, 0.1) is 5.56 Å². The molecule has 3 amide bonds. The zero-order valence-corrected chi connectivity index (χ0v) is 12.5. The first-order chi connectivity index (χ1) is 11.4. The maximum atomic E-state index is 13.7. The van der Waals surface area contributed by atoms with E-state index in [0.29, 0.717) is 0 Å². The Hall–Kier alpha value is -3.29. The smallest absolute Gasteiger partial charge is 0.272 e. The number of amides is 3. The van der Waals surface area contributed by atoms with Gasteiger partial charge in [0.15, 0.2) is 0 Å². The monoisotopic (exact) mass is 333 g/mol. The first-order valence-electron chi connectivity index (χ1n) is 6.80. The van der Waals surface area contributed by atoms with E-state index in [4.69, 9.17) is 0 Å². The summed E-state index contributed by atoms with van der Waals surface area (Å²) in [6.07, 6.45) is 0. The lowest BCUT2D eigenvalue weighted by Gasteiger charge is -2.09. The molecule has 0 aliphatic heterocycles. The van der Waals surface area contributed by atoms with Crippen LogP contribution in [0.2, 0.25) is 0 Å². The second-order valence-electron chi connectivity index (χ2n) is 4.79.